The topological polar surface area (TPSA) is 69.7 Å². The SMILES string of the molecule is COC(=O)c1cccc(CN(c2ccc(-c3ccccc3)cc2)S(=O)[O-])c1. The van der Waals surface area contributed by atoms with E-state index in [0.29, 0.717) is 16.8 Å². The van der Waals surface area contributed by atoms with Crippen LogP contribution in [0.2, 0.25) is 0 Å². The molecular weight excluding hydrogens is 362 g/mol. The van der Waals surface area contributed by atoms with Gasteiger partial charge in [-0.25, -0.2) is 4.79 Å². The molecule has 27 heavy (non-hydrogen) atoms. The average Bonchev–Trinajstić information content (AvgIpc) is 2.72. The van der Waals surface area contributed by atoms with Crippen LogP contribution in [0.15, 0.2) is 78.9 Å². The molecular formula is C21H18NO4S-. The average molecular weight is 380 g/mol. The summed E-state index contributed by atoms with van der Waals surface area (Å²) in [7, 11) is 1.31. The van der Waals surface area contributed by atoms with E-state index in [1.165, 1.54) is 11.4 Å². The third-order valence-electron chi connectivity index (χ3n) is 4.12. The molecule has 0 N–H and O–H groups in total. The Balaban J connectivity index is 1.84. The highest BCUT2D eigenvalue weighted by molar-refractivity contribution is 7.80. The standard InChI is InChI=1S/C21H19NO4S/c1-26-21(23)19-9-5-6-16(14-19)15-22(27(24)25)20-12-10-18(11-13-20)17-7-3-2-4-8-17/h2-14H,15H2,1H3,(H,24,25)/p-1. The largest absolute Gasteiger partial charge is 0.755 e. The number of carbonyl (C=O) groups is 1. The van der Waals surface area contributed by atoms with Gasteiger partial charge in [0, 0.05) is 17.0 Å². The number of carbonyl (C=O) groups excluding carboxylic acids is 1. The van der Waals surface area contributed by atoms with Crippen LogP contribution in [0.1, 0.15) is 15.9 Å². The van der Waals surface area contributed by atoms with E-state index in [9.17, 15) is 13.6 Å². The van der Waals surface area contributed by atoms with Crippen LogP contribution in [-0.4, -0.2) is 21.8 Å². The van der Waals surface area contributed by atoms with Crippen LogP contribution < -0.4 is 4.31 Å². The highest BCUT2D eigenvalue weighted by atomic mass is 32.2. The summed E-state index contributed by atoms with van der Waals surface area (Å²) in [6, 6.07) is 23.9. The number of methoxy groups -OCH3 is 1. The highest BCUT2D eigenvalue weighted by Crippen LogP contribution is 2.25. The number of esters is 1. The summed E-state index contributed by atoms with van der Waals surface area (Å²) in [5, 5.41) is 0. The monoisotopic (exact) mass is 380 g/mol. The van der Waals surface area contributed by atoms with E-state index in [1.54, 1.807) is 36.4 Å². The van der Waals surface area contributed by atoms with E-state index in [0.717, 1.165) is 11.1 Å². The maximum Gasteiger partial charge on any atom is 0.337 e. The van der Waals surface area contributed by atoms with Gasteiger partial charge < -0.3 is 9.29 Å². The Morgan fingerprint density at radius 3 is 2.26 bits per heavy atom. The fourth-order valence-corrected chi connectivity index (χ4v) is 3.31. The van der Waals surface area contributed by atoms with Crippen LogP contribution in [0.3, 0.4) is 0 Å². The van der Waals surface area contributed by atoms with Crippen LogP contribution in [0.25, 0.3) is 11.1 Å². The molecule has 0 fully saturated rings. The first-order valence-electron chi connectivity index (χ1n) is 8.28. The van der Waals surface area contributed by atoms with Crippen LogP contribution in [0.5, 0.6) is 0 Å². The third kappa shape index (κ3) is 4.61. The summed E-state index contributed by atoms with van der Waals surface area (Å²) >= 11 is -2.46. The summed E-state index contributed by atoms with van der Waals surface area (Å²) in [6.45, 7) is 0.117. The number of hydrogen-bond acceptors (Lipinski definition) is 4. The second-order valence-electron chi connectivity index (χ2n) is 5.86. The molecule has 5 nitrogen and oxygen atoms in total. The minimum absolute atomic E-state index is 0.117. The first-order valence-corrected chi connectivity index (χ1v) is 9.31. The molecule has 0 saturated heterocycles. The zero-order valence-electron chi connectivity index (χ0n) is 14.7. The van der Waals surface area contributed by atoms with Crippen molar-refractivity contribution in [3.8, 4) is 11.1 Å². The van der Waals surface area contributed by atoms with Crippen molar-refractivity contribution in [2.75, 3.05) is 11.4 Å². The first kappa shape index (κ1) is 18.8. The van der Waals surface area contributed by atoms with Crippen LogP contribution in [-0.2, 0) is 22.5 Å². The van der Waals surface area contributed by atoms with Crippen LogP contribution in [0, 0.1) is 0 Å². The predicted molar refractivity (Wildman–Crippen MR) is 105 cm³/mol. The molecule has 0 heterocycles. The molecule has 3 rings (SSSR count). The maximum atomic E-state index is 11.8. The van der Waals surface area contributed by atoms with Crippen molar-refractivity contribution in [3.63, 3.8) is 0 Å². The fraction of sp³-hybridized carbons (Fsp3) is 0.0952. The highest BCUT2D eigenvalue weighted by Gasteiger charge is 2.11. The Morgan fingerprint density at radius 2 is 1.63 bits per heavy atom. The Kier molecular flexibility index (Phi) is 6.01. The minimum atomic E-state index is -2.46. The van der Waals surface area contributed by atoms with E-state index in [2.05, 4.69) is 0 Å². The molecule has 0 saturated carbocycles. The number of hydrogen-bond donors (Lipinski definition) is 0. The summed E-state index contributed by atoms with van der Waals surface area (Å²) < 4.78 is 29.5. The summed E-state index contributed by atoms with van der Waals surface area (Å²) in [6.07, 6.45) is 0. The van der Waals surface area contributed by atoms with Gasteiger partial charge in [0.25, 0.3) is 0 Å². The molecule has 3 aromatic carbocycles. The molecule has 0 radical (unpaired) electrons. The van der Waals surface area contributed by atoms with Gasteiger partial charge in [-0.1, -0.05) is 54.6 Å². The zero-order valence-corrected chi connectivity index (χ0v) is 15.5. The molecule has 3 aromatic rings. The van der Waals surface area contributed by atoms with Gasteiger partial charge in [-0.3, -0.25) is 8.51 Å². The molecule has 1 unspecified atom stereocenters. The molecule has 0 aliphatic rings. The summed E-state index contributed by atoms with van der Waals surface area (Å²) in [5.41, 5.74) is 3.68. The predicted octanol–water partition coefficient (Wildman–Crippen LogP) is 3.94. The van der Waals surface area contributed by atoms with Crippen LogP contribution in [0.4, 0.5) is 5.69 Å². The number of anilines is 1. The van der Waals surface area contributed by atoms with E-state index in [-0.39, 0.29) is 6.54 Å². The smallest absolute Gasteiger partial charge is 0.337 e. The quantitative estimate of drug-likeness (QED) is 0.480. The normalized spacial score (nSPS) is 11.6. The van der Waals surface area contributed by atoms with Crippen molar-refractivity contribution < 1.29 is 18.3 Å². The lowest BCUT2D eigenvalue weighted by molar-refractivity contribution is 0.0600. The van der Waals surface area contributed by atoms with E-state index >= 15 is 0 Å². The Hall–Kier alpha value is -2.96. The second kappa shape index (κ2) is 8.62. The molecule has 0 aliphatic heterocycles. The molecule has 138 valence electrons. The van der Waals surface area contributed by atoms with Crippen molar-refractivity contribution in [2.24, 2.45) is 0 Å². The van der Waals surface area contributed by atoms with Crippen LogP contribution >= 0.6 is 0 Å². The van der Waals surface area contributed by atoms with Crippen molar-refractivity contribution in [1.82, 2.24) is 0 Å². The lowest BCUT2D eigenvalue weighted by atomic mass is 10.1. The van der Waals surface area contributed by atoms with E-state index in [4.69, 9.17) is 4.74 Å². The Labute approximate surface area is 160 Å². The van der Waals surface area contributed by atoms with Gasteiger partial charge in [0.2, 0.25) is 0 Å². The van der Waals surface area contributed by atoms with Gasteiger partial charge in [-0.2, -0.15) is 0 Å². The minimum Gasteiger partial charge on any atom is -0.755 e. The van der Waals surface area contributed by atoms with Gasteiger partial charge in [0.1, 0.15) is 0 Å². The van der Waals surface area contributed by atoms with Crippen molar-refractivity contribution in [1.29, 1.82) is 0 Å². The summed E-state index contributed by atoms with van der Waals surface area (Å²) in [5.74, 6) is -0.459. The first-order chi connectivity index (χ1) is 13.1. The van der Waals surface area contributed by atoms with Crippen molar-refractivity contribution in [3.05, 3.63) is 90.0 Å². The van der Waals surface area contributed by atoms with Crippen molar-refractivity contribution in [2.45, 2.75) is 6.54 Å². The fourth-order valence-electron chi connectivity index (χ4n) is 2.76. The lowest BCUT2D eigenvalue weighted by Gasteiger charge is -2.26. The molecule has 0 spiro atoms. The maximum absolute atomic E-state index is 11.8. The zero-order chi connectivity index (χ0) is 19.2. The molecule has 0 aromatic heterocycles. The van der Waals surface area contributed by atoms with Gasteiger partial charge >= 0.3 is 5.97 Å². The molecule has 1 atom stereocenters. The third-order valence-corrected chi connectivity index (χ3v) is 4.82. The second-order valence-corrected chi connectivity index (χ2v) is 6.73. The Bertz CT molecular complexity index is 942. The molecule has 6 heteroatoms. The Morgan fingerprint density at radius 1 is 0.963 bits per heavy atom. The molecule has 0 aliphatic carbocycles. The lowest BCUT2D eigenvalue weighted by Crippen LogP contribution is -2.24. The van der Waals surface area contributed by atoms with Gasteiger partial charge in [0.15, 0.2) is 0 Å². The number of ether oxygens (including phenoxy) is 1. The number of benzene rings is 3. The van der Waals surface area contributed by atoms with Gasteiger partial charge in [-0.05, 0) is 41.0 Å². The van der Waals surface area contributed by atoms with E-state index < -0.39 is 17.2 Å². The van der Waals surface area contributed by atoms with E-state index in [1.807, 2.05) is 42.5 Å². The molecule has 0 amide bonds. The molecule has 0 bridgehead atoms. The van der Waals surface area contributed by atoms with Crippen molar-refractivity contribution >= 4 is 22.9 Å². The van der Waals surface area contributed by atoms with Gasteiger partial charge in [0.05, 0.1) is 19.2 Å². The van der Waals surface area contributed by atoms with Gasteiger partial charge in [-0.15, -0.1) is 0 Å². The summed E-state index contributed by atoms with van der Waals surface area (Å²) in [4.78, 5) is 11.7. The number of rotatable bonds is 6. The number of nitrogens with zero attached hydrogens (tertiary/aromatic N) is 1.